The van der Waals surface area contributed by atoms with E-state index >= 15 is 0 Å². The van der Waals surface area contributed by atoms with Gasteiger partial charge in [-0.05, 0) is 25.8 Å². The van der Waals surface area contributed by atoms with Crippen LogP contribution in [0, 0.1) is 0 Å². The fourth-order valence-corrected chi connectivity index (χ4v) is 4.94. The van der Waals surface area contributed by atoms with Crippen LogP contribution < -0.4 is 5.32 Å². The fourth-order valence-electron chi connectivity index (χ4n) is 3.50. The van der Waals surface area contributed by atoms with Gasteiger partial charge in [-0.2, -0.15) is 0 Å². The highest BCUT2D eigenvalue weighted by atomic mass is 32.2. The number of hydrogen-bond donors (Lipinski definition) is 2. The van der Waals surface area contributed by atoms with Crippen LogP contribution in [0.25, 0.3) is 0 Å². The molecule has 0 radical (unpaired) electrons. The van der Waals surface area contributed by atoms with Crippen LogP contribution in [0.3, 0.4) is 0 Å². The summed E-state index contributed by atoms with van der Waals surface area (Å²) in [5.74, 6) is -0.739. The smallest absolute Gasteiger partial charge is 0.315 e. The van der Waals surface area contributed by atoms with Crippen LogP contribution in [0.15, 0.2) is 30.3 Å². The molecule has 6 nitrogen and oxygen atoms in total. The molecule has 2 N–H and O–H groups in total. The first-order valence-corrected chi connectivity index (χ1v) is 9.29. The average molecular weight is 362 g/mol. The van der Waals surface area contributed by atoms with Gasteiger partial charge in [0, 0.05) is 18.7 Å². The topological polar surface area (TPSA) is 86.7 Å². The summed E-state index contributed by atoms with van der Waals surface area (Å²) in [5, 5.41) is 12.4. The number of carboxylic acid groups (broad SMARTS) is 1. The summed E-state index contributed by atoms with van der Waals surface area (Å²) in [6.45, 7) is 3.56. The Morgan fingerprint density at radius 3 is 2.72 bits per heavy atom. The summed E-state index contributed by atoms with van der Waals surface area (Å²) in [5.41, 5.74) is -0.591. The van der Waals surface area contributed by atoms with Crippen LogP contribution in [0.4, 0.5) is 0 Å². The number of carbonyl (C=O) groups excluding carboxylic acids is 2. The van der Waals surface area contributed by atoms with Crippen molar-refractivity contribution in [1.82, 2.24) is 10.2 Å². The van der Waals surface area contributed by atoms with Gasteiger partial charge < -0.3 is 15.3 Å². The van der Waals surface area contributed by atoms with E-state index in [0.29, 0.717) is 17.7 Å². The van der Waals surface area contributed by atoms with E-state index in [1.807, 2.05) is 13.0 Å². The Hall–Kier alpha value is -2.02. The van der Waals surface area contributed by atoms with Crippen molar-refractivity contribution >= 4 is 29.5 Å². The Balaban J connectivity index is 1.73. The van der Waals surface area contributed by atoms with Gasteiger partial charge in [0.15, 0.2) is 0 Å². The highest BCUT2D eigenvalue weighted by Crippen LogP contribution is 2.47. The number of amides is 2. The highest BCUT2D eigenvalue weighted by molar-refractivity contribution is 8.01. The van der Waals surface area contributed by atoms with E-state index in [1.54, 1.807) is 47.9 Å². The molecular formula is C18H22N2O4S. The number of rotatable bonds is 5. The molecule has 2 amide bonds. The lowest BCUT2D eigenvalue weighted by molar-refractivity contribution is -0.144. The summed E-state index contributed by atoms with van der Waals surface area (Å²) < 4.78 is 0. The molecule has 3 unspecified atom stereocenters. The molecule has 2 fully saturated rings. The Morgan fingerprint density at radius 2 is 2.08 bits per heavy atom. The second-order valence-corrected chi connectivity index (χ2v) is 8.49. The van der Waals surface area contributed by atoms with Crippen molar-refractivity contribution in [3.63, 3.8) is 0 Å². The minimum Gasteiger partial charge on any atom is -0.481 e. The Bertz CT molecular complexity index is 710. The number of nitrogens with zero attached hydrogens (tertiary/aromatic N) is 1. The molecule has 0 aromatic heterocycles. The molecule has 2 heterocycles. The van der Waals surface area contributed by atoms with Crippen molar-refractivity contribution in [2.45, 2.75) is 43.0 Å². The van der Waals surface area contributed by atoms with Gasteiger partial charge >= 0.3 is 5.97 Å². The molecule has 1 aromatic carbocycles. The molecule has 0 bridgehead atoms. The van der Waals surface area contributed by atoms with Gasteiger partial charge in [0.1, 0.15) is 11.5 Å². The van der Waals surface area contributed by atoms with Crippen LogP contribution in [-0.4, -0.2) is 51.0 Å². The second kappa shape index (κ2) is 6.37. The van der Waals surface area contributed by atoms with Gasteiger partial charge in [0.05, 0.1) is 4.87 Å². The Labute approximate surface area is 151 Å². The zero-order chi connectivity index (χ0) is 18.2. The number of fused-ring (bicyclic) bond motifs is 1. The molecule has 1 aromatic rings. The molecule has 2 aliphatic rings. The monoisotopic (exact) mass is 362 g/mol. The average Bonchev–Trinajstić information content (AvgIpc) is 3.09. The van der Waals surface area contributed by atoms with E-state index in [4.69, 9.17) is 0 Å². The zero-order valence-corrected chi connectivity index (χ0v) is 15.1. The van der Waals surface area contributed by atoms with Crippen molar-refractivity contribution < 1.29 is 19.5 Å². The minimum atomic E-state index is -1.22. The highest BCUT2D eigenvalue weighted by Gasteiger charge is 2.53. The molecule has 0 aliphatic carbocycles. The SMILES string of the molecule is CC(CNC(=O)C1CSC2(C)CCC(=O)N12)(C(=O)O)c1ccccc1. The van der Waals surface area contributed by atoms with Crippen molar-refractivity contribution in [3.05, 3.63) is 35.9 Å². The van der Waals surface area contributed by atoms with Crippen molar-refractivity contribution in [2.24, 2.45) is 0 Å². The van der Waals surface area contributed by atoms with E-state index in [9.17, 15) is 19.5 Å². The predicted molar refractivity (Wildman–Crippen MR) is 95.2 cm³/mol. The van der Waals surface area contributed by atoms with Crippen LogP contribution in [0.2, 0.25) is 0 Å². The maximum absolute atomic E-state index is 12.7. The molecule has 2 aliphatic heterocycles. The van der Waals surface area contributed by atoms with E-state index < -0.39 is 17.4 Å². The quantitative estimate of drug-likeness (QED) is 0.831. The van der Waals surface area contributed by atoms with Gasteiger partial charge in [-0.3, -0.25) is 14.4 Å². The molecule has 0 spiro atoms. The molecular weight excluding hydrogens is 340 g/mol. The van der Waals surface area contributed by atoms with Gasteiger partial charge in [-0.15, -0.1) is 11.8 Å². The minimum absolute atomic E-state index is 0.00305. The predicted octanol–water partition coefficient (Wildman–Crippen LogP) is 1.60. The van der Waals surface area contributed by atoms with Gasteiger partial charge in [0.25, 0.3) is 0 Å². The summed E-state index contributed by atoms with van der Waals surface area (Å²) in [7, 11) is 0. The van der Waals surface area contributed by atoms with Crippen LogP contribution in [0.1, 0.15) is 32.3 Å². The van der Waals surface area contributed by atoms with Gasteiger partial charge in [0.2, 0.25) is 11.8 Å². The van der Waals surface area contributed by atoms with E-state index in [-0.39, 0.29) is 23.2 Å². The molecule has 25 heavy (non-hydrogen) atoms. The van der Waals surface area contributed by atoms with Gasteiger partial charge in [-0.1, -0.05) is 30.3 Å². The summed E-state index contributed by atoms with van der Waals surface area (Å²) >= 11 is 1.62. The number of benzene rings is 1. The number of carboxylic acids is 1. The second-order valence-electron chi connectivity index (χ2n) is 6.99. The maximum Gasteiger partial charge on any atom is 0.315 e. The molecule has 3 rings (SSSR count). The zero-order valence-electron chi connectivity index (χ0n) is 14.3. The molecule has 7 heteroatoms. The largest absolute Gasteiger partial charge is 0.481 e. The maximum atomic E-state index is 12.7. The fraction of sp³-hybridized carbons (Fsp3) is 0.500. The number of thioether (sulfide) groups is 1. The van der Waals surface area contributed by atoms with Crippen LogP contribution in [-0.2, 0) is 19.8 Å². The first-order valence-electron chi connectivity index (χ1n) is 8.31. The Kier molecular flexibility index (Phi) is 4.53. The van der Waals surface area contributed by atoms with Gasteiger partial charge in [-0.25, -0.2) is 0 Å². The number of aliphatic carboxylic acids is 1. The third-order valence-electron chi connectivity index (χ3n) is 5.25. The third kappa shape index (κ3) is 3.01. The lowest BCUT2D eigenvalue weighted by atomic mass is 9.82. The van der Waals surface area contributed by atoms with Crippen molar-refractivity contribution in [3.8, 4) is 0 Å². The number of carbonyl (C=O) groups is 3. The van der Waals surface area contributed by atoms with Crippen molar-refractivity contribution in [2.75, 3.05) is 12.3 Å². The molecule has 0 saturated carbocycles. The Morgan fingerprint density at radius 1 is 1.40 bits per heavy atom. The van der Waals surface area contributed by atoms with Crippen LogP contribution >= 0.6 is 11.8 Å². The summed E-state index contributed by atoms with van der Waals surface area (Å²) in [6.07, 6.45) is 1.21. The van der Waals surface area contributed by atoms with E-state index in [2.05, 4.69) is 5.32 Å². The molecule has 134 valence electrons. The van der Waals surface area contributed by atoms with E-state index in [0.717, 1.165) is 6.42 Å². The van der Waals surface area contributed by atoms with Crippen molar-refractivity contribution in [1.29, 1.82) is 0 Å². The summed E-state index contributed by atoms with van der Waals surface area (Å²) in [4.78, 5) is 38.0. The number of nitrogens with one attached hydrogen (secondary N) is 1. The lowest BCUT2D eigenvalue weighted by Gasteiger charge is -2.31. The standard InChI is InChI=1S/C18H22N2O4S/c1-17(16(23)24,12-6-4-3-5-7-12)11-19-15(22)13-10-25-18(2)9-8-14(21)20(13)18/h3-7,13H,8-11H2,1-2H3,(H,19,22)(H,23,24). The van der Waals surface area contributed by atoms with E-state index in [1.165, 1.54) is 0 Å². The lowest BCUT2D eigenvalue weighted by Crippen LogP contribution is -2.53. The first kappa shape index (κ1) is 17.8. The third-order valence-corrected chi connectivity index (χ3v) is 6.75. The number of hydrogen-bond acceptors (Lipinski definition) is 4. The molecule has 2 saturated heterocycles. The normalized spacial score (nSPS) is 27.7. The first-order chi connectivity index (χ1) is 11.8. The summed E-state index contributed by atoms with van der Waals surface area (Å²) in [6, 6.07) is 8.33. The van der Waals surface area contributed by atoms with Crippen LogP contribution in [0.5, 0.6) is 0 Å². The molecule has 3 atom stereocenters.